The Morgan fingerprint density at radius 1 is 1.36 bits per heavy atom. The Morgan fingerprint density at radius 3 is 2.68 bits per heavy atom. The Balaban J connectivity index is 2.27. The van der Waals surface area contributed by atoms with Crippen molar-refractivity contribution in [2.24, 2.45) is 7.05 Å². The highest BCUT2D eigenvalue weighted by molar-refractivity contribution is 7.17. The van der Waals surface area contributed by atoms with Crippen molar-refractivity contribution in [3.05, 3.63) is 26.9 Å². The zero-order valence-corrected chi connectivity index (χ0v) is 13.5. The van der Waals surface area contributed by atoms with E-state index < -0.39 is 11.5 Å². The van der Waals surface area contributed by atoms with E-state index in [0.29, 0.717) is 16.1 Å². The molecule has 118 valence electrons. The smallest absolute Gasteiger partial charge is 0.347 e. The fourth-order valence-electron chi connectivity index (χ4n) is 3.33. The highest BCUT2D eigenvalue weighted by atomic mass is 32.1. The van der Waals surface area contributed by atoms with E-state index in [1.807, 2.05) is 5.38 Å². The lowest BCUT2D eigenvalue weighted by atomic mass is 9.84. The highest BCUT2D eigenvalue weighted by Crippen LogP contribution is 2.42. The number of carbonyl (C=O) groups excluding carboxylic acids is 1. The summed E-state index contributed by atoms with van der Waals surface area (Å²) in [7, 11) is 2.83. The second-order valence-electron chi connectivity index (χ2n) is 5.79. The maximum atomic E-state index is 12.3. The molecule has 1 aliphatic carbocycles. The number of rotatable bonds is 2. The summed E-state index contributed by atoms with van der Waals surface area (Å²) in [4.78, 5) is 24.9. The van der Waals surface area contributed by atoms with Gasteiger partial charge in [-0.2, -0.15) is 0 Å². The molecule has 0 aromatic carbocycles. The zero-order chi connectivity index (χ0) is 15.9. The average molecular weight is 321 g/mol. The molecule has 0 radical (unpaired) electrons. The van der Waals surface area contributed by atoms with Gasteiger partial charge in [0, 0.05) is 7.05 Å². The summed E-state index contributed by atoms with van der Waals surface area (Å²) in [5.74, 6) is -0.635. The average Bonchev–Trinajstić information content (AvgIpc) is 2.99. The maximum absolute atomic E-state index is 12.3. The van der Waals surface area contributed by atoms with Gasteiger partial charge in [-0.1, -0.05) is 19.3 Å². The molecule has 1 saturated carbocycles. The van der Waals surface area contributed by atoms with Gasteiger partial charge < -0.3 is 14.4 Å². The Kier molecular flexibility index (Phi) is 3.95. The molecule has 22 heavy (non-hydrogen) atoms. The summed E-state index contributed by atoms with van der Waals surface area (Å²) >= 11 is 1.44. The lowest BCUT2D eigenvalue weighted by Crippen LogP contribution is -2.25. The van der Waals surface area contributed by atoms with E-state index in [4.69, 9.17) is 0 Å². The van der Waals surface area contributed by atoms with Crippen LogP contribution in [0.4, 0.5) is 0 Å². The van der Waals surface area contributed by atoms with Crippen LogP contribution in [0.3, 0.4) is 0 Å². The van der Waals surface area contributed by atoms with Crippen molar-refractivity contribution < 1.29 is 14.6 Å². The third-order valence-corrected chi connectivity index (χ3v) is 5.60. The molecule has 2 aromatic rings. The van der Waals surface area contributed by atoms with Crippen molar-refractivity contribution in [1.29, 1.82) is 0 Å². The number of hydrogen-bond donors (Lipinski definition) is 1. The van der Waals surface area contributed by atoms with Gasteiger partial charge in [0.05, 0.1) is 12.5 Å². The lowest BCUT2D eigenvalue weighted by molar-refractivity contribution is 0.0595. The molecule has 0 atom stereocenters. The number of aryl methyl sites for hydroxylation is 1. The number of fused-ring (bicyclic) bond motifs is 1. The van der Waals surface area contributed by atoms with Crippen LogP contribution in [0.5, 0.6) is 5.75 Å². The van der Waals surface area contributed by atoms with Crippen LogP contribution in [-0.2, 0) is 11.8 Å². The number of aromatic hydroxyl groups is 1. The van der Waals surface area contributed by atoms with E-state index in [0.717, 1.165) is 18.4 Å². The minimum absolute atomic E-state index is 0.230. The van der Waals surface area contributed by atoms with Crippen LogP contribution in [0.25, 0.3) is 10.2 Å². The van der Waals surface area contributed by atoms with Gasteiger partial charge in [-0.3, -0.25) is 4.79 Å². The van der Waals surface area contributed by atoms with E-state index in [1.54, 1.807) is 7.05 Å². The molecule has 0 spiro atoms. The third-order valence-electron chi connectivity index (χ3n) is 4.53. The van der Waals surface area contributed by atoms with Crippen LogP contribution >= 0.6 is 11.3 Å². The van der Waals surface area contributed by atoms with E-state index in [9.17, 15) is 14.7 Å². The molecule has 0 bridgehead atoms. The molecule has 0 amide bonds. The van der Waals surface area contributed by atoms with Crippen LogP contribution < -0.4 is 5.56 Å². The fraction of sp³-hybridized carbons (Fsp3) is 0.500. The second kappa shape index (κ2) is 5.76. The minimum atomic E-state index is -0.791. The molecule has 5 nitrogen and oxygen atoms in total. The van der Waals surface area contributed by atoms with Crippen LogP contribution in [0.2, 0.25) is 0 Å². The first-order chi connectivity index (χ1) is 10.6. The zero-order valence-electron chi connectivity index (χ0n) is 12.7. The molecule has 6 heteroatoms. The van der Waals surface area contributed by atoms with Crippen molar-refractivity contribution in [2.75, 3.05) is 7.11 Å². The molecule has 2 heterocycles. The van der Waals surface area contributed by atoms with E-state index >= 15 is 0 Å². The normalized spacial score (nSPS) is 16.1. The van der Waals surface area contributed by atoms with Gasteiger partial charge in [-0.05, 0) is 29.7 Å². The van der Waals surface area contributed by atoms with Crippen molar-refractivity contribution >= 4 is 27.5 Å². The number of ether oxygens (including phenoxy) is 1. The van der Waals surface area contributed by atoms with E-state index in [1.165, 1.54) is 42.3 Å². The summed E-state index contributed by atoms with van der Waals surface area (Å²) in [6, 6.07) is 0. The van der Waals surface area contributed by atoms with E-state index in [-0.39, 0.29) is 11.3 Å². The van der Waals surface area contributed by atoms with Crippen LogP contribution in [0.15, 0.2) is 10.2 Å². The predicted octanol–water partition coefficient (Wildman–Crippen LogP) is 3.14. The number of carbonyl (C=O) groups is 1. The van der Waals surface area contributed by atoms with Crippen molar-refractivity contribution in [1.82, 2.24) is 4.57 Å². The first kappa shape index (κ1) is 15.1. The summed E-state index contributed by atoms with van der Waals surface area (Å²) in [6.07, 6.45) is 5.77. The number of aromatic nitrogens is 1. The van der Waals surface area contributed by atoms with Crippen LogP contribution in [-0.4, -0.2) is 22.8 Å². The first-order valence-electron chi connectivity index (χ1n) is 7.47. The summed E-state index contributed by atoms with van der Waals surface area (Å²) in [5, 5.41) is 13.2. The predicted molar refractivity (Wildman–Crippen MR) is 85.9 cm³/mol. The Bertz CT molecular complexity index is 784. The van der Waals surface area contributed by atoms with Gasteiger partial charge in [-0.15, -0.1) is 11.3 Å². The molecule has 1 aliphatic rings. The monoisotopic (exact) mass is 321 g/mol. The van der Waals surface area contributed by atoms with Gasteiger partial charge in [0.25, 0.3) is 5.56 Å². The molecule has 0 saturated heterocycles. The van der Waals surface area contributed by atoms with E-state index in [2.05, 4.69) is 4.74 Å². The highest BCUT2D eigenvalue weighted by Gasteiger charge is 2.27. The standard InChI is InChI=1S/C16H19NO4S/c1-17-14(19)12(16(20)21-2)13(18)11-10(8-22-15(11)17)9-6-4-3-5-7-9/h8-9,18H,3-7H2,1-2H3. The third kappa shape index (κ3) is 2.22. The maximum Gasteiger partial charge on any atom is 0.347 e. The largest absolute Gasteiger partial charge is 0.506 e. The van der Waals surface area contributed by atoms with Gasteiger partial charge in [-0.25, -0.2) is 4.79 Å². The van der Waals surface area contributed by atoms with Gasteiger partial charge >= 0.3 is 5.97 Å². The number of esters is 1. The summed E-state index contributed by atoms with van der Waals surface area (Å²) < 4.78 is 6.08. The summed E-state index contributed by atoms with van der Waals surface area (Å²) in [5.41, 5.74) is 0.264. The molecule has 3 rings (SSSR count). The fourth-order valence-corrected chi connectivity index (χ4v) is 4.45. The van der Waals surface area contributed by atoms with Crippen LogP contribution in [0.1, 0.15) is 53.9 Å². The summed E-state index contributed by atoms with van der Waals surface area (Å²) in [6.45, 7) is 0. The molecule has 0 unspecified atom stereocenters. The Morgan fingerprint density at radius 2 is 2.05 bits per heavy atom. The van der Waals surface area contributed by atoms with Gasteiger partial charge in [0.15, 0.2) is 5.56 Å². The van der Waals surface area contributed by atoms with Crippen molar-refractivity contribution in [3.63, 3.8) is 0 Å². The minimum Gasteiger partial charge on any atom is -0.506 e. The number of thiophene rings is 1. The molecular weight excluding hydrogens is 302 g/mol. The molecule has 1 fully saturated rings. The Hall–Kier alpha value is -1.82. The first-order valence-corrected chi connectivity index (χ1v) is 8.35. The number of nitrogens with zero attached hydrogens (tertiary/aromatic N) is 1. The second-order valence-corrected chi connectivity index (χ2v) is 6.64. The van der Waals surface area contributed by atoms with Gasteiger partial charge in [0.2, 0.25) is 0 Å². The van der Waals surface area contributed by atoms with Crippen molar-refractivity contribution in [3.8, 4) is 5.75 Å². The number of methoxy groups -OCH3 is 1. The Labute approximate surface area is 132 Å². The number of hydrogen-bond acceptors (Lipinski definition) is 5. The van der Waals surface area contributed by atoms with Gasteiger partial charge in [0.1, 0.15) is 10.6 Å². The van der Waals surface area contributed by atoms with Crippen LogP contribution in [0, 0.1) is 0 Å². The van der Waals surface area contributed by atoms with Crippen molar-refractivity contribution in [2.45, 2.75) is 38.0 Å². The quantitative estimate of drug-likeness (QED) is 0.863. The molecule has 0 aliphatic heterocycles. The SMILES string of the molecule is COC(=O)c1c(O)c2c(C3CCCCC3)csc2n(C)c1=O. The molecular formula is C16H19NO4S. The number of pyridine rings is 1. The molecule has 1 N–H and O–H groups in total. The topological polar surface area (TPSA) is 68.5 Å². The lowest BCUT2D eigenvalue weighted by Gasteiger charge is -2.21. The molecule has 2 aromatic heterocycles.